The second kappa shape index (κ2) is 7.49. The number of piperidine rings is 1. The van der Waals surface area contributed by atoms with Gasteiger partial charge in [0.2, 0.25) is 5.91 Å². The van der Waals surface area contributed by atoms with Gasteiger partial charge in [-0.1, -0.05) is 11.8 Å². The minimum atomic E-state index is 0.0408. The number of aromatic nitrogens is 2. The number of nitrogens with zero attached hydrogens (tertiary/aromatic N) is 3. The van der Waals surface area contributed by atoms with Crippen molar-refractivity contribution in [2.24, 2.45) is 5.92 Å². The standard InChI is InChI=1S/C14H23N5OS/c1-4-16-11-8-12(18-14(17-11)21-3)19-7-5-6-10(9-19)13(20)15-2/h8,10H,4-7,9H2,1-3H3,(H,15,20)(H,16,17,18). The topological polar surface area (TPSA) is 70.2 Å². The second-order valence-electron chi connectivity index (χ2n) is 5.03. The summed E-state index contributed by atoms with van der Waals surface area (Å²) in [5.74, 6) is 1.90. The molecule has 1 amide bonds. The van der Waals surface area contributed by atoms with Crippen LogP contribution in [0.4, 0.5) is 11.6 Å². The van der Waals surface area contributed by atoms with Crippen molar-refractivity contribution in [2.75, 3.05) is 43.2 Å². The fourth-order valence-electron chi connectivity index (χ4n) is 2.54. The lowest BCUT2D eigenvalue weighted by atomic mass is 9.97. The monoisotopic (exact) mass is 309 g/mol. The first-order chi connectivity index (χ1) is 10.2. The third-order valence-electron chi connectivity index (χ3n) is 3.60. The summed E-state index contributed by atoms with van der Waals surface area (Å²) in [7, 11) is 1.70. The molecule has 21 heavy (non-hydrogen) atoms. The van der Waals surface area contributed by atoms with Crippen molar-refractivity contribution >= 4 is 29.3 Å². The molecular weight excluding hydrogens is 286 g/mol. The number of carbonyl (C=O) groups excluding carboxylic acids is 1. The van der Waals surface area contributed by atoms with Gasteiger partial charge in [0.15, 0.2) is 5.16 Å². The van der Waals surface area contributed by atoms with E-state index in [9.17, 15) is 4.79 Å². The van der Waals surface area contributed by atoms with E-state index >= 15 is 0 Å². The number of carbonyl (C=O) groups is 1. The first-order valence-corrected chi connectivity index (χ1v) is 8.53. The zero-order chi connectivity index (χ0) is 15.2. The van der Waals surface area contributed by atoms with Crippen LogP contribution in [0.25, 0.3) is 0 Å². The predicted octanol–water partition coefficient (Wildman–Crippen LogP) is 1.59. The fourth-order valence-corrected chi connectivity index (χ4v) is 2.92. The van der Waals surface area contributed by atoms with E-state index in [1.807, 2.05) is 19.2 Å². The highest BCUT2D eigenvalue weighted by Crippen LogP contribution is 2.25. The van der Waals surface area contributed by atoms with Crippen LogP contribution in [-0.4, -0.2) is 48.8 Å². The van der Waals surface area contributed by atoms with Gasteiger partial charge >= 0.3 is 0 Å². The molecule has 0 saturated carbocycles. The van der Waals surface area contributed by atoms with Gasteiger partial charge in [-0.25, -0.2) is 9.97 Å². The lowest BCUT2D eigenvalue weighted by Crippen LogP contribution is -2.42. The number of thioether (sulfide) groups is 1. The van der Waals surface area contributed by atoms with Gasteiger partial charge in [-0.15, -0.1) is 0 Å². The maximum Gasteiger partial charge on any atom is 0.224 e. The highest BCUT2D eigenvalue weighted by atomic mass is 32.2. The van der Waals surface area contributed by atoms with Crippen LogP contribution >= 0.6 is 11.8 Å². The fraction of sp³-hybridized carbons (Fsp3) is 0.643. The molecule has 0 bridgehead atoms. The summed E-state index contributed by atoms with van der Waals surface area (Å²) in [6, 6.07) is 1.97. The lowest BCUT2D eigenvalue weighted by molar-refractivity contribution is -0.124. The van der Waals surface area contributed by atoms with Crippen molar-refractivity contribution < 1.29 is 4.79 Å². The van der Waals surface area contributed by atoms with Crippen molar-refractivity contribution in [2.45, 2.75) is 24.9 Å². The van der Waals surface area contributed by atoms with Crippen LogP contribution < -0.4 is 15.5 Å². The largest absolute Gasteiger partial charge is 0.370 e. The zero-order valence-electron chi connectivity index (χ0n) is 12.8. The predicted molar refractivity (Wildman–Crippen MR) is 87.0 cm³/mol. The molecule has 0 radical (unpaired) electrons. The third kappa shape index (κ3) is 4.00. The van der Waals surface area contributed by atoms with Gasteiger partial charge in [0.1, 0.15) is 11.6 Å². The summed E-state index contributed by atoms with van der Waals surface area (Å²) in [5.41, 5.74) is 0. The van der Waals surface area contributed by atoms with Crippen LogP contribution in [0.3, 0.4) is 0 Å². The first-order valence-electron chi connectivity index (χ1n) is 7.31. The maximum atomic E-state index is 11.8. The third-order valence-corrected chi connectivity index (χ3v) is 4.14. The van der Waals surface area contributed by atoms with Crippen LogP contribution in [0.15, 0.2) is 11.2 Å². The van der Waals surface area contributed by atoms with Crippen molar-refractivity contribution in [3.05, 3.63) is 6.07 Å². The Balaban J connectivity index is 2.19. The Morgan fingerprint density at radius 1 is 1.52 bits per heavy atom. The number of amides is 1. The molecule has 7 heteroatoms. The average molecular weight is 309 g/mol. The molecule has 1 aromatic heterocycles. The summed E-state index contributed by atoms with van der Waals surface area (Å²) in [6.07, 6.45) is 3.92. The molecule has 1 atom stereocenters. The molecule has 1 fully saturated rings. The van der Waals surface area contributed by atoms with E-state index in [1.54, 1.807) is 7.05 Å². The number of hydrogen-bond donors (Lipinski definition) is 2. The van der Waals surface area contributed by atoms with Gasteiger partial charge in [0, 0.05) is 32.7 Å². The normalized spacial score (nSPS) is 18.4. The second-order valence-corrected chi connectivity index (χ2v) is 5.80. The number of anilines is 2. The molecule has 1 saturated heterocycles. The molecule has 116 valence electrons. The molecule has 0 spiro atoms. The number of rotatable bonds is 5. The van der Waals surface area contributed by atoms with Gasteiger partial charge in [-0.05, 0) is 26.0 Å². The van der Waals surface area contributed by atoms with Crippen LogP contribution in [0.5, 0.6) is 0 Å². The molecular formula is C14H23N5OS. The first kappa shape index (κ1) is 15.9. The van der Waals surface area contributed by atoms with E-state index in [0.717, 1.165) is 49.3 Å². The molecule has 1 aromatic rings. The van der Waals surface area contributed by atoms with E-state index in [0.29, 0.717) is 0 Å². The summed E-state index contributed by atoms with van der Waals surface area (Å²) in [6.45, 7) is 4.52. The maximum absolute atomic E-state index is 11.8. The van der Waals surface area contributed by atoms with Gasteiger partial charge in [0.05, 0.1) is 5.92 Å². The van der Waals surface area contributed by atoms with E-state index in [4.69, 9.17) is 0 Å². The Labute approximate surface area is 130 Å². The summed E-state index contributed by atoms with van der Waals surface area (Å²) >= 11 is 1.53. The molecule has 0 aliphatic carbocycles. The molecule has 2 heterocycles. The Morgan fingerprint density at radius 2 is 2.33 bits per heavy atom. The smallest absolute Gasteiger partial charge is 0.224 e. The van der Waals surface area contributed by atoms with Gasteiger partial charge < -0.3 is 15.5 Å². The molecule has 0 aromatic carbocycles. The molecule has 2 N–H and O–H groups in total. The highest BCUT2D eigenvalue weighted by molar-refractivity contribution is 7.98. The molecule has 2 rings (SSSR count). The van der Waals surface area contributed by atoms with Crippen LogP contribution in [0, 0.1) is 5.92 Å². The Bertz CT molecular complexity index is 496. The van der Waals surface area contributed by atoms with Crippen LogP contribution in [0.2, 0.25) is 0 Å². The van der Waals surface area contributed by atoms with Crippen molar-refractivity contribution in [3.63, 3.8) is 0 Å². The SMILES string of the molecule is CCNc1cc(N2CCCC(C(=O)NC)C2)nc(SC)n1. The zero-order valence-corrected chi connectivity index (χ0v) is 13.7. The molecule has 6 nitrogen and oxygen atoms in total. The summed E-state index contributed by atoms with van der Waals surface area (Å²) < 4.78 is 0. The Morgan fingerprint density at radius 3 is 3.00 bits per heavy atom. The van der Waals surface area contributed by atoms with Crippen LogP contribution in [-0.2, 0) is 4.79 Å². The minimum Gasteiger partial charge on any atom is -0.370 e. The lowest BCUT2D eigenvalue weighted by Gasteiger charge is -2.32. The highest BCUT2D eigenvalue weighted by Gasteiger charge is 2.26. The van der Waals surface area contributed by atoms with Crippen molar-refractivity contribution in [3.8, 4) is 0 Å². The van der Waals surface area contributed by atoms with Gasteiger partial charge in [-0.3, -0.25) is 4.79 Å². The van der Waals surface area contributed by atoms with Gasteiger partial charge in [0.25, 0.3) is 0 Å². The minimum absolute atomic E-state index is 0.0408. The Kier molecular flexibility index (Phi) is 5.67. The molecule has 1 aliphatic rings. The van der Waals surface area contributed by atoms with Crippen molar-refractivity contribution in [1.29, 1.82) is 0 Å². The number of nitrogens with one attached hydrogen (secondary N) is 2. The quantitative estimate of drug-likeness (QED) is 0.636. The Hall–Kier alpha value is -1.50. The van der Waals surface area contributed by atoms with E-state index in [1.165, 1.54) is 11.8 Å². The number of hydrogen-bond acceptors (Lipinski definition) is 6. The van der Waals surface area contributed by atoms with E-state index < -0.39 is 0 Å². The van der Waals surface area contributed by atoms with Crippen LogP contribution in [0.1, 0.15) is 19.8 Å². The van der Waals surface area contributed by atoms with E-state index in [2.05, 4.69) is 25.5 Å². The molecule has 1 unspecified atom stereocenters. The summed E-state index contributed by atoms with van der Waals surface area (Å²) in [5, 5.41) is 6.74. The summed E-state index contributed by atoms with van der Waals surface area (Å²) in [4.78, 5) is 23.1. The van der Waals surface area contributed by atoms with E-state index in [-0.39, 0.29) is 11.8 Å². The van der Waals surface area contributed by atoms with Crippen molar-refractivity contribution in [1.82, 2.24) is 15.3 Å². The average Bonchev–Trinajstić information content (AvgIpc) is 2.54. The molecule has 1 aliphatic heterocycles. The van der Waals surface area contributed by atoms with Gasteiger partial charge in [-0.2, -0.15) is 0 Å².